The van der Waals surface area contributed by atoms with Crippen molar-refractivity contribution >= 4 is 28.3 Å². The van der Waals surface area contributed by atoms with Crippen molar-refractivity contribution in [2.75, 3.05) is 51.9 Å². The summed E-state index contributed by atoms with van der Waals surface area (Å²) in [5.41, 5.74) is 0.901. The molecule has 1 fully saturated rings. The third-order valence-electron chi connectivity index (χ3n) is 4.65. The van der Waals surface area contributed by atoms with Crippen LogP contribution >= 0.6 is 11.3 Å². The molecule has 1 aliphatic rings. The summed E-state index contributed by atoms with van der Waals surface area (Å²) in [6.07, 6.45) is 1.48. The van der Waals surface area contributed by atoms with E-state index >= 15 is 0 Å². The Kier molecular flexibility index (Phi) is 8.02. The highest BCUT2D eigenvalue weighted by Crippen LogP contribution is 2.29. The number of rotatable bonds is 8. The SMILES string of the molecule is COc1ccc(/C=C(\C#N)C(=O)Nc2sccc2C#N)cc1OCCN1CCOCC1. The monoisotopic (exact) mass is 438 g/mol. The molecule has 3 rings (SSSR count). The second-order valence-electron chi connectivity index (χ2n) is 6.61. The molecule has 0 unspecified atom stereocenters. The fourth-order valence-corrected chi connectivity index (χ4v) is 3.72. The summed E-state index contributed by atoms with van der Waals surface area (Å²) in [6.45, 7) is 4.45. The maximum Gasteiger partial charge on any atom is 0.266 e. The Morgan fingerprint density at radius 3 is 2.81 bits per heavy atom. The largest absolute Gasteiger partial charge is 0.493 e. The van der Waals surface area contributed by atoms with E-state index in [9.17, 15) is 10.1 Å². The number of nitrogens with zero attached hydrogens (tertiary/aromatic N) is 3. The van der Waals surface area contributed by atoms with Crippen molar-refractivity contribution in [3.63, 3.8) is 0 Å². The predicted molar refractivity (Wildman–Crippen MR) is 117 cm³/mol. The van der Waals surface area contributed by atoms with Gasteiger partial charge in [-0.2, -0.15) is 10.5 Å². The normalized spacial score (nSPS) is 14.4. The van der Waals surface area contributed by atoms with Crippen LogP contribution in [-0.2, 0) is 9.53 Å². The summed E-state index contributed by atoms with van der Waals surface area (Å²) in [5.74, 6) is 0.526. The Hall–Kier alpha value is -3.37. The highest BCUT2D eigenvalue weighted by atomic mass is 32.1. The minimum absolute atomic E-state index is 0.0817. The van der Waals surface area contributed by atoms with E-state index in [1.54, 1.807) is 36.8 Å². The topological polar surface area (TPSA) is 108 Å². The first kappa shape index (κ1) is 22.3. The van der Waals surface area contributed by atoms with Gasteiger partial charge in [0.05, 0.1) is 25.9 Å². The molecule has 2 aromatic rings. The van der Waals surface area contributed by atoms with Crippen LogP contribution in [0.3, 0.4) is 0 Å². The Labute approximate surface area is 184 Å². The molecule has 9 heteroatoms. The molecule has 1 saturated heterocycles. The second kappa shape index (κ2) is 11.1. The van der Waals surface area contributed by atoms with Gasteiger partial charge in [0, 0.05) is 19.6 Å². The molecule has 1 amide bonds. The van der Waals surface area contributed by atoms with Crippen molar-refractivity contribution in [1.29, 1.82) is 10.5 Å². The van der Waals surface area contributed by atoms with Crippen molar-refractivity contribution in [3.8, 4) is 23.6 Å². The fourth-order valence-electron chi connectivity index (χ4n) is 2.99. The highest BCUT2D eigenvalue weighted by molar-refractivity contribution is 7.14. The first-order valence-electron chi connectivity index (χ1n) is 9.66. The number of hydrogen-bond donors (Lipinski definition) is 1. The number of thiophene rings is 1. The van der Waals surface area contributed by atoms with Crippen molar-refractivity contribution in [3.05, 3.63) is 46.3 Å². The fraction of sp³-hybridized carbons (Fsp3) is 0.318. The van der Waals surface area contributed by atoms with E-state index in [1.807, 2.05) is 12.1 Å². The van der Waals surface area contributed by atoms with Crippen LogP contribution in [0.15, 0.2) is 35.2 Å². The standard InChI is InChI=1S/C22H22N4O4S/c1-28-19-3-2-16(13-20(19)30-10-7-26-5-8-29-9-6-26)12-18(15-24)21(27)25-22-17(14-23)4-11-31-22/h2-4,11-13H,5-10H2,1H3,(H,25,27)/b18-12+. The van der Waals surface area contributed by atoms with Crippen LogP contribution in [0, 0.1) is 22.7 Å². The average molecular weight is 439 g/mol. The molecule has 1 N–H and O–H groups in total. The van der Waals surface area contributed by atoms with Crippen LogP contribution in [0.1, 0.15) is 11.1 Å². The first-order chi connectivity index (χ1) is 15.1. The second-order valence-corrected chi connectivity index (χ2v) is 7.53. The molecule has 0 bridgehead atoms. The smallest absolute Gasteiger partial charge is 0.266 e. The van der Waals surface area contributed by atoms with Crippen LogP contribution < -0.4 is 14.8 Å². The van der Waals surface area contributed by atoms with Crippen LogP contribution in [0.25, 0.3) is 6.08 Å². The number of carbonyl (C=O) groups is 1. The minimum atomic E-state index is -0.577. The summed E-state index contributed by atoms with van der Waals surface area (Å²) in [7, 11) is 1.56. The van der Waals surface area contributed by atoms with Gasteiger partial charge in [-0.15, -0.1) is 11.3 Å². The van der Waals surface area contributed by atoms with Gasteiger partial charge < -0.3 is 19.5 Å². The average Bonchev–Trinajstić information content (AvgIpc) is 3.25. The van der Waals surface area contributed by atoms with E-state index in [0.717, 1.165) is 32.8 Å². The van der Waals surface area contributed by atoms with Crippen molar-refractivity contribution in [2.45, 2.75) is 0 Å². The van der Waals surface area contributed by atoms with Crippen molar-refractivity contribution in [1.82, 2.24) is 4.90 Å². The Balaban J connectivity index is 1.70. The number of amides is 1. The van der Waals surface area contributed by atoms with Crippen molar-refractivity contribution in [2.24, 2.45) is 0 Å². The molecular weight excluding hydrogens is 416 g/mol. The van der Waals surface area contributed by atoms with Gasteiger partial charge in [0.25, 0.3) is 5.91 Å². The summed E-state index contributed by atoms with van der Waals surface area (Å²) < 4.78 is 16.6. The minimum Gasteiger partial charge on any atom is -0.493 e. The molecule has 1 aromatic carbocycles. The maximum atomic E-state index is 12.5. The quantitative estimate of drug-likeness (QED) is 0.499. The van der Waals surface area contributed by atoms with E-state index in [4.69, 9.17) is 19.5 Å². The molecule has 160 valence electrons. The number of benzene rings is 1. The number of anilines is 1. The number of morpholine rings is 1. The van der Waals surface area contributed by atoms with Gasteiger partial charge in [-0.1, -0.05) is 6.07 Å². The van der Waals surface area contributed by atoms with Crippen LogP contribution in [0.4, 0.5) is 5.00 Å². The first-order valence-corrected chi connectivity index (χ1v) is 10.5. The third-order valence-corrected chi connectivity index (χ3v) is 5.48. The van der Waals surface area contributed by atoms with Gasteiger partial charge in [0.15, 0.2) is 11.5 Å². The molecular formula is C22H22N4O4S. The number of carbonyl (C=O) groups excluding carboxylic acids is 1. The lowest BCUT2D eigenvalue weighted by Gasteiger charge is -2.26. The van der Waals surface area contributed by atoms with Crippen LogP contribution in [0.2, 0.25) is 0 Å². The van der Waals surface area contributed by atoms with Gasteiger partial charge in [-0.3, -0.25) is 9.69 Å². The molecule has 2 heterocycles. The Morgan fingerprint density at radius 2 is 2.10 bits per heavy atom. The van der Waals surface area contributed by atoms with Crippen LogP contribution in [-0.4, -0.2) is 57.4 Å². The van der Waals surface area contributed by atoms with Gasteiger partial charge in [0.2, 0.25) is 0 Å². The lowest BCUT2D eigenvalue weighted by Crippen LogP contribution is -2.38. The number of nitriles is 2. The molecule has 0 spiro atoms. The number of ether oxygens (including phenoxy) is 3. The molecule has 31 heavy (non-hydrogen) atoms. The zero-order chi connectivity index (χ0) is 22.1. The Morgan fingerprint density at radius 1 is 1.29 bits per heavy atom. The van der Waals surface area contributed by atoms with Gasteiger partial charge in [-0.05, 0) is 35.2 Å². The van der Waals surface area contributed by atoms with Gasteiger partial charge >= 0.3 is 0 Å². The van der Waals surface area contributed by atoms with E-state index in [2.05, 4.69) is 10.2 Å². The number of methoxy groups -OCH3 is 1. The predicted octanol–water partition coefficient (Wildman–Crippen LogP) is 2.89. The molecule has 1 aliphatic heterocycles. The van der Waals surface area contributed by atoms with E-state index in [0.29, 0.717) is 34.2 Å². The van der Waals surface area contributed by atoms with E-state index < -0.39 is 5.91 Å². The van der Waals surface area contributed by atoms with Gasteiger partial charge in [0.1, 0.15) is 29.3 Å². The number of hydrogen-bond acceptors (Lipinski definition) is 8. The summed E-state index contributed by atoms with van der Waals surface area (Å²) in [5, 5.41) is 23.3. The molecule has 0 aliphatic carbocycles. The third kappa shape index (κ3) is 6.06. The lowest BCUT2D eigenvalue weighted by atomic mass is 10.1. The van der Waals surface area contributed by atoms with Crippen molar-refractivity contribution < 1.29 is 19.0 Å². The Bertz CT molecular complexity index is 1030. The summed E-state index contributed by atoms with van der Waals surface area (Å²) in [4.78, 5) is 14.8. The maximum absolute atomic E-state index is 12.5. The van der Waals surface area contributed by atoms with E-state index in [-0.39, 0.29) is 5.57 Å². The zero-order valence-corrected chi connectivity index (χ0v) is 17.9. The van der Waals surface area contributed by atoms with E-state index in [1.165, 1.54) is 17.4 Å². The molecule has 1 aromatic heterocycles. The van der Waals surface area contributed by atoms with Gasteiger partial charge in [-0.25, -0.2) is 0 Å². The molecule has 0 atom stereocenters. The molecule has 8 nitrogen and oxygen atoms in total. The summed E-state index contributed by atoms with van der Waals surface area (Å²) >= 11 is 1.23. The summed E-state index contributed by atoms with van der Waals surface area (Å²) in [6, 6.07) is 10.7. The molecule has 0 saturated carbocycles. The highest BCUT2D eigenvalue weighted by Gasteiger charge is 2.14. The number of nitrogens with one attached hydrogen (secondary N) is 1. The zero-order valence-electron chi connectivity index (χ0n) is 17.1. The lowest BCUT2D eigenvalue weighted by molar-refractivity contribution is -0.112. The van der Waals surface area contributed by atoms with Crippen LogP contribution in [0.5, 0.6) is 11.5 Å². The molecule has 0 radical (unpaired) electrons.